The third-order valence-corrected chi connectivity index (χ3v) is 2.33. The van der Waals surface area contributed by atoms with Crippen LogP contribution in [-0.4, -0.2) is 43.3 Å². The molecular weight excluding hydrogens is 152 g/mol. The summed E-state index contributed by atoms with van der Waals surface area (Å²) in [6.45, 7) is 9.64. The molecule has 3 nitrogen and oxygen atoms in total. The van der Waals surface area contributed by atoms with Crippen molar-refractivity contribution in [3.8, 4) is 0 Å². The van der Waals surface area contributed by atoms with Gasteiger partial charge in [0.1, 0.15) is 0 Å². The van der Waals surface area contributed by atoms with Crippen LogP contribution in [0, 0.1) is 0 Å². The summed E-state index contributed by atoms with van der Waals surface area (Å²) < 4.78 is 5.52. The lowest BCUT2D eigenvalue weighted by atomic mass is 10.1. The molecule has 0 radical (unpaired) electrons. The fourth-order valence-electron chi connectivity index (χ4n) is 1.40. The second-order valence-corrected chi connectivity index (χ2v) is 3.12. The van der Waals surface area contributed by atoms with Crippen molar-refractivity contribution in [2.24, 2.45) is 5.73 Å². The Balaban J connectivity index is 2.39. The van der Waals surface area contributed by atoms with Crippen LogP contribution >= 0.6 is 0 Å². The zero-order valence-corrected chi connectivity index (χ0v) is 7.70. The van der Waals surface area contributed by atoms with Gasteiger partial charge < -0.3 is 10.5 Å². The molecule has 0 spiro atoms. The van der Waals surface area contributed by atoms with E-state index in [0.29, 0.717) is 0 Å². The first-order valence-electron chi connectivity index (χ1n) is 4.50. The monoisotopic (exact) mass is 170 g/mol. The van der Waals surface area contributed by atoms with Crippen molar-refractivity contribution in [1.29, 1.82) is 0 Å². The summed E-state index contributed by atoms with van der Waals surface area (Å²) in [7, 11) is 0. The van der Waals surface area contributed by atoms with Gasteiger partial charge in [-0.1, -0.05) is 13.0 Å². The SMILES string of the molecule is C=CC(N)C1CN(CC)CCO1. The lowest BCUT2D eigenvalue weighted by Gasteiger charge is -2.34. The summed E-state index contributed by atoms with van der Waals surface area (Å²) >= 11 is 0. The summed E-state index contributed by atoms with van der Waals surface area (Å²) in [6, 6.07) is -0.0284. The van der Waals surface area contributed by atoms with Crippen molar-refractivity contribution < 1.29 is 4.74 Å². The highest BCUT2D eigenvalue weighted by Gasteiger charge is 2.22. The quantitative estimate of drug-likeness (QED) is 0.616. The molecule has 12 heavy (non-hydrogen) atoms. The smallest absolute Gasteiger partial charge is 0.0888 e. The molecule has 70 valence electrons. The highest BCUT2D eigenvalue weighted by Crippen LogP contribution is 2.07. The maximum atomic E-state index is 5.79. The van der Waals surface area contributed by atoms with Crippen molar-refractivity contribution in [3.63, 3.8) is 0 Å². The zero-order chi connectivity index (χ0) is 8.97. The van der Waals surface area contributed by atoms with Gasteiger partial charge in [0.2, 0.25) is 0 Å². The first-order valence-corrected chi connectivity index (χ1v) is 4.50. The predicted octanol–water partition coefficient (Wildman–Crippen LogP) is 0.220. The lowest BCUT2D eigenvalue weighted by molar-refractivity contribution is -0.0317. The second-order valence-electron chi connectivity index (χ2n) is 3.12. The highest BCUT2D eigenvalue weighted by molar-refractivity contribution is 4.92. The maximum absolute atomic E-state index is 5.79. The molecule has 1 saturated heterocycles. The van der Waals surface area contributed by atoms with Gasteiger partial charge in [-0.25, -0.2) is 0 Å². The summed E-state index contributed by atoms with van der Waals surface area (Å²) in [5.74, 6) is 0. The average Bonchev–Trinajstić information content (AvgIpc) is 2.17. The number of hydrogen-bond donors (Lipinski definition) is 1. The van der Waals surface area contributed by atoms with Crippen molar-refractivity contribution in [2.75, 3.05) is 26.2 Å². The number of hydrogen-bond acceptors (Lipinski definition) is 3. The summed E-state index contributed by atoms with van der Waals surface area (Å²) in [4.78, 5) is 2.34. The van der Waals surface area contributed by atoms with Crippen LogP contribution in [0.1, 0.15) is 6.92 Å². The predicted molar refractivity (Wildman–Crippen MR) is 50.0 cm³/mol. The van der Waals surface area contributed by atoms with E-state index in [2.05, 4.69) is 18.4 Å². The molecule has 0 saturated carbocycles. The van der Waals surface area contributed by atoms with Gasteiger partial charge in [-0.05, 0) is 6.54 Å². The molecule has 0 aromatic carbocycles. The molecule has 2 atom stereocenters. The number of nitrogens with two attached hydrogens (primary N) is 1. The van der Waals surface area contributed by atoms with Crippen molar-refractivity contribution in [3.05, 3.63) is 12.7 Å². The number of rotatable bonds is 3. The van der Waals surface area contributed by atoms with Crippen LogP contribution in [0.25, 0.3) is 0 Å². The summed E-state index contributed by atoms with van der Waals surface area (Å²) in [5, 5.41) is 0. The minimum atomic E-state index is -0.0284. The molecule has 1 aliphatic rings. The van der Waals surface area contributed by atoms with Crippen molar-refractivity contribution in [2.45, 2.75) is 19.1 Å². The van der Waals surface area contributed by atoms with Gasteiger partial charge in [0, 0.05) is 13.1 Å². The molecule has 1 fully saturated rings. The molecule has 1 aliphatic heterocycles. The van der Waals surface area contributed by atoms with Crippen LogP contribution in [-0.2, 0) is 4.74 Å². The molecule has 0 amide bonds. The van der Waals surface area contributed by atoms with Gasteiger partial charge in [-0.3, -0.25) is 4.90 Å². The Bertz CT molecular complexity index is 149. The second kappa shape index (κ2) is 4.60. The number of nitrogens with zero attached hydrogens (tertiary/aromatic N) is 1. The Morgan fingerprint density at radius 2 is 2.58 bits per heavy atom. The van der Waals surface area contributed by atoms with E-state index in [9.17, 15) is 0 Å². The lowest BCUT2D eigenvalue weighted by Crippen LogP contribution is -2.49. The van der Waals surface area contributed by atoms with E-state index in [1.54, 1.807) is 6.08 Å². The molecule has 2 N–H and O–H groups in total. The van der Waals surface area contributed by atoms with Gasteiger partial charge in [0.25, 0.3) is 0 Å². The van der Waals surface area contributed by atoms with E-state index in [0.717, 1.165) is 26.2 Å². The molecule has 1 rings (SSSR count). The van der Waals surface area contributed by atoms with E-state index in [4.69, 9.17) is 10.5 Å². The van der Waals surface area contributed by atoms with E-state index in [1.807, 2.05) is 0 Å². The number of likely N-dealkylation sites (N-methyl/N-ethyl adjacent to an activating group) is 1. The topological polar surface area (TPSA) is 38.5 Å². The third kappa shape index (κ3) is 2.30. The molecule has 2 unspecified atom stereocenters. The van der Waals surface area contributed by atoms with Crippen LogP contribution in [0.4, 0.5) is 0 Å². The Morgan fingerprint density at radius 1 is 1.83 bits per heavy atom. The third-order valence-electron chi connectivity index (χ3n) is 2.33. The molecule has 0 aromatic rings. The zero-order valence-electron chi connectivity index (χ0n) is 7.70. The Morgan fingerprint density at radius 3 is 3.17 bits per heavy atom. The van der Waals surface area contributed by atoms with Crippen LogP contribution in [0.2, 0.25) is 0 Å². The van der Waals surface area contributed by atoms with Gasteiger partial charge in [0.15, 0.2) is 0 Å². The highest BCUT2D eigenvalue weighted by atomic mass is 16.5. The van der Waals surface area contributed by atoms with Crippen LogP contribution in [0.5, 0.6) is 0 Å². The van der Waals surface area contributed by atoms with Gasteiger partial charge in [0.05, 0.1) is 18.8 Å². The van der Waals surface area contributed by atoms with Crippen LogP contribution in [0.15, 0.2) is 12.7 Å². The average molecular weight is 170 g/mol. The largest absolute Gasteiger partial charge is 0.374 e. The first kappa shape index (κ1) is 9.71. The summed E-state index contributed by atoms with van der Waals surface area (Å²) in [6.07, 6.45) is 1.89. The minimum absolute atomic E-state index is 0.0284. The van der Waals surface area contributed by atoms with Gasteiger partial charge in [-0.2, -0.15) is 0 Å². The number of ether oxygens (including phenoxy) is 1. The molecule has 3 heteroatoms. The minimum Gasteiger partial charge on any atom is -0.374 e. The van der Waals surface area contributed by atoms with Crippen molar-refractivity contribution >= 4 is 0 Å². The molecule has 0 aliphatic carbocycles. The molecule has 0 aromatic heterocycles. The summed E-state index contributed by atoms with van der Waals surface area (Å²) in [5.41, 5.74) is 5.79. The van der Waals surface area contributed by atoms with E-state index < -0.39 is 0 Å². The molecular formula is C9H18N2O. The standard InChI is InChI=1S/C9H18N2O/c1-3-8(10)9-7-11(4-2)5-6-12-9/h3,8-9H,1,4-7,10H2,2H3. The van der Waals surface area contributed by atoms with E-state index in [1.165, 1.54) is 0 Å². The Labute approximate surface area is 74.2 Å². The van der Waals surface area contributed by atoms with Crippen LogP contribution in [0.3, 0.4) is 0 Å². The van der Waals surface area contributed by atoms with Crippen molar-refractivity contribution in [1.82, 2.24) is 4.90 Å². The fourth-order valence-corrected chi connectivity index (χ4v) is 1.40. The Kier molecular flexibility index (Phi) is 3.72. The van der Waals surface area contributed by atoms with E-state index >= 15 is 0 Å². The van der Waals surface area contributed by atoms with Gasteiger partial charge in [-0.15, -0.1) is 6.58 Å². The van der Waals surface area contributed by atoms with E-state index in [-0.39, 0.29) is 12.1 Å². The fraction of sp³-hybridized carbons (Fsp3) is 0.778. The molecule has 1 heterocycles. The van der Waals surface area contributed by atoms with Gasteiger partial charge >= 0.3 is 0 Å². The number of morpholine rings is 1. The normalized spacial score (nSPS) is 28.3. The molecule has 0 bridgehead atoms. The maximum Gasteiger partial charge on any atom is 0.0888 e. The Hall–Kier alpha value is -0.380. The van der Waals surface area contributed by atoms with Crippen LogP contribution < -0.4 is 5.73 Å². The first-order chi connectivity index (χ1) is 5.77.